The highest BCUT2D eigenvalue weighted by atomic mass is 35.5. The van der Waals surface area contributed by atoms with Crippen LogP contribution in [0.4, 0.5) is 15.0 Å². The van der Waals surface area contributed by atoms with E-state index in [0.29, 0.717) is 49.3 Å². The van der Waals surface area contributed by atoms with Gasteiger partial charge in [-0.3, -0.25) is 9.56 Å². The zero-order valence-electron chi connectivity index (χ0n) is 31.0. The molecule has 0 aliphatic carbocycles. The maximum atomic E-state index is 15.2. The molecule has 0 N–H and O–H groups in total. The lowest BCUT2D eigenvalue weighted by Crippen LogP contribution is -2.59. The Morgan fingerprint density at radius 1 is 1.10 bits per heavy atom. The zero-order valence-corrected chi connectivity index (χ0v) is 32.7. The monoisotopic (exact) mass is 718 g/mol. The molecule has 0 spiro atoms. The first-order valence-corrected chi connectivity index (χ1v) is 20.3. The quantitative estimate of drug-likeness (QED) is 0.0719. The number of halogens is 2. The second-order valence-corrected chi connectivity index (χ2v) is 20.8. The second kappa shape index (κ2) is 14.6. The molecule has 3 aromatic heterocycles. The molecule has 270 valence electrons. The standard InChI is InChI=1S/C35H52ClFN6O5Si/c1-21(2)27-28(24(15-16-38-27)14-13-17-46-48-49(11,12)35(8,9)10)43-31-25(18-26(37)29(36)39-31)30(40-32(43)44)41-19-23(4)42(20-22(41)3)33(45)47-34(5,6)7/h15-16,18,21-23H,13-14,17,19-20H2,1-12H3/t22-,23+/m0/s1. The van der Waals surface area contributed by atoms with Gasteiger partial charge in [0.15, 0.2) is 16.6 Å². The fourth-order valence-corrected chi connectivity index (χ4v) is 6.29. The number of amides is 1. The van der Waals surface area contributed by atoms with Crippen LogP contribution < -0.4 is 10.6 Å². The lowest BCUT2D eigenvalue weighted by Gasteiger charge is -2.44. The van der Waals surface area contributed by atoms with Gasteiger partial charge in [0.2, 0.25) is 8.32 Å². The Morgan fingerprint density at radius 2 is 1.78 bits per heavy atom. The van der Waals surface area contributed by atoms with Gasteiger partial charge in [0.05, 0.1) is 23.4 Å². The largest absolute Gasteiger partial charge is 0.444 e. The van der Waals surface area contributed by atoms with Crippen LogP contribution in [0.2, 0.25) is 23.3 Å². The van der Waals surface area contributed by atoms with E-state index in [-0.39, 0.29) is 39.7 Å². The van der Waals surface area contributed by atoms with Crippen molar-refractivity contribution in [1.82, 2.24) is 24.4 Å². The molecule has 1 aliphatic rings. The molecule has 0 unspecified atom stereocenters. The molecule has 3 aromatic rings. The summed E-state index contributed by atoms with van der Waals surface area (Å²) in [5, 5.41) is -0.0304. The molecule has 1 amide bonds. The molecule has 1 aliphatic heterocycles. The number of rotatable bonds is 9. The van der Waals surface area contributed by atoms with Crippen LogP contribution in [0.25, 0.3) is 16.7 Å². The van der Waals surface area contributed by atoms with Crippen LogP contribution in [0.15, 0.2) is 23.1 Å². The van der Waals surface area contributed by atoms with E-state index in [1.165, 1.54) is 10.6 Å². The molecule has 4 heterocycles. The Morgan fingerprint density at radius 3 is 2.39 bits per heavy atom. The van der Waals surface area contributed by atoms with Crippen molar-refractivity contribution in [3.63, 3.8) is 0 Å². The van der Waals surface area contributed by atoms with Crippen LogP contribution in [0.3, 0.4) is 0 Å². The molecule has 14 heteroatoms. The van der Waals surface area contributed by atoms with Gasteiger partial charge in [-0.15, -0.1) is 0 Å². The van der Waals surface area contributed by atoms with Crippen molar-refractivity contribution in [2.75, 3.05) is 24.6 Å². The molecule has 0 aromatic carbocycles. The molecule has 2 atom stereocenters. The maximum absolute atomic E-state index is 15.2. The molecular formula is C35H52ClFN6O5Si. The van der Waals surface area contributed by atoms with Crippen LogP contribution in [0.1, 0.15) is 92.8 Å². The number of hydrogen-bond donors (Lipinski definition) is 0. The summed E-state index contributed by atoms with van der Waals surface area (Å²) in [6.45, 7) is 25.0. The van der Waals surface area contributed by atoms with Crippen molar-refractivity contribution in [1.29, 1.82) is 0 Å². The summed E-state index contributed by atoms with van der Waals surface area (Å²) >= 11 is 6.29. The Balaban J connectivity index is 1.76. The van der Waals surface area contributed by atoms with Gasteiger partial charge < -0.3 is 14.5 Å². The number of piperazine rings is 1. The van der Waals surface area contributed by atoms with Gasteiger partial charge in [-0.2, -0.15) is 4.98 Å². The summed E-state index contributed by atoms with van der Waals surface area (Å²) in [6.07, 6.45) is 2.47. The van der Waals surface area contributed by atoms with Gasteiger partial charge in [-0.1, -0.05) is 46.2 Å². The highest BCUT2D eigenvalue weighted by Crippen LogP contribution is 2.37. The predicted molar refractivity (Wildman–Crippen MR) is 194 cm³/mol. The summed E-state index contributed by atoms with van der Waals surface area (Å²) in [6, 6.07) is 2.59. The third-order valence-corrected chi connectivity index (χ3v) is 13.6. The normalized spacial score (nSPS) is 17.7. The van der Waals surface area contributed by atoms with Crippen LogP contribution in [-0.2, 0) is 20.6 Å². The number of anilines is 1. The van der Waals surface area contributed by atoms with E-state index >= 15 is 4.39 Å². The minimum atomic E-state index is -2.09. The number of hydrogen-bond acceptors (Lipinski definition) is 9. The second-order valence-electron chi connectivity index (χ2n) is 15.8. The molecular weight excluding hydrogens is 667 g/mol. The van der Waals surface area contributed by atoms with Gasteiger partial charge >= 0.3 is 11.8 Å². The van der Waals surface area contributed by atoms with Gasteiger partial charge in [0.25, 0.3) is 0 Å². The Kier molecular flexibility index (Phi) is 11.5. The smallest absolute Gasteiger partial charge is 0.410 e. The number of aromatic nitrogens is 4. The highest BCUT2D eigenvalue weighted by Gasteiger charge is 2.39. The zero-order chi connectivity index (χ0) is 36.6. The third kappa shape index (κ3) is 8.61. The SMILES string of the molecule is CC(C)c1nccc(CCCOO[Si](C)(C)C(C)(C)C)c1-n1c(=O)nc(N2C[C@@H](C)N(C(=O)OC(C)(C)C)C[C@@H]2C)c2cc(F)c(Cl)nc21. The van der Waals surface area contributed by atoms with E-state index < -0.39 is 31.5 Å². The minimum Gasteiger partial charge on any atom is -0.444 e. The van der Waals surface area contributed by atoms with E-state index in [4.69, 9.17) is 25.8 Å². The fraction of sp³-hybridized carbons (Fsp3) is 0.629. The topological polar surface area (TPSA) is 112 Å². The Labute approximate surface area is 295 Å². The molecule has 4 rings (SSSR count). The lowest BCUT2D eigenvalue weighted by molar-refractivity contribution is -0.221. The van der Waals surface area contributed by atoms with Crippen molar-refractivity contribution < 1.29 is 23.4 Å². The number of nitrogens with zero attached hydrogens (tertiary/aromatic N) is 6. The number of pyridine rings is 2. The minimum absolute atomic E-state index is 0.00801. The van der Waals surface area contributed by atoms with Crippen LogP contribution in [0.5, 0.6) is 0 Å². The van der Waals surface area contributed by atoms with Crippen molar-refractivity contribution in [2.45, 2.75) is 124 Å². The molecule has 0 radical (unpaired) electrons. The number of carbonyl (C=O) groups is 1. The average molecular weight is 719 g/mol. The van der Waals surface area contributed by atoms with E-state index in [9.17, 15) is 9.59 Å². The number of ether oxygens (including phenoxy) is 1. The van der Waals surface area contributed by atoms with Crippen molar-refractivity contribution >= 4 is 42.9 Å². The predicted octanol–water partition coefficient (Wildman–Crippen LogP) is 7.81. The van der Waals surface area contributed by atoms with Crippen LogP contribution in [-0.4, -0.2) is 76.2 Å². The molecule has 49 heavy (non-hydrogen) atoms. The molecule has 11 nitrogen and oxygen atoms in total. The summed E-state index contributed by atoms with van der Waals surface area (Å²) in [5.74, 6) is -0.521. The van der Waals surface area contributed by atoms with Crippen LogP contribution in [0, 0.1) is 5.82 Å². The van der Waals surface area contributed by atoms with Crippen LogP contribution >= 0.6 is 11.6 Å². The van der Waals surface area contributed by atoms with Gasteiger partial charge in [0, 0.05) is 31.4 Å². The number of aryl methyl sites for hydroxylation is 1. The first kappa shape index (κ1) is 38.7. The molecule has 1 saturated heterocycles. The fourth-order valence-electron chi connectivity index (χ4n) is 5.53. The van der Waals surface area contributed by atoms with Crippen molar-refractivity contribution in [3.05, 3.63) is 51.0 Å². The number of carbonyl (C=O) groups excluding carboxylic acids is 1. The van der Waals surface area contributed by atoms with E-state index in [0.717, 1.165) is 5.56 Å². The van der Waals surface area contributed by atoms with Gasteiger partial charge in [0.1, 0.15) is 11.4 Å². The lowest BCUT2D eigenvalue weighted by atomic mass is 10.0. The van der Waals surface area contributed by atoms with E-state index in [1.807, 2.05) is 59.4 Å². The summed E-state index contributed by atoms with van der Waals surface area (Å²) in [5.41, 5.74) is 0.980. The molecule has 1 fully saturated rings. The first-order chi connectivity index (χ1) is 22.6. The van der Waals surface area contributed by atoms with Gasteiger partial charge in [-0.05, 0) is 89.2 Å². The summed E-state index contributed by atoms with van der Waals surface area (Å²) in [7, 11) is -2.09. The van der Waals surface area contributed by atoms with E-state index in [2.05, 4.69) is 48.8 Å². The maximum Gasteiger partial charge on any atom is 0.410 e. The third-order valence-electron chi connectivity index (χ3n) is 9.20. The highest BCUT2D eigenvalue weighted by molar-refractivity contribution is 6.73. The van der Waals surface area contributed by atoms with E-state index in [1.54, 1.807) is 11.1 Å². The summed E-state index contributed by atoms with van der Waals surface area (Å²) in [4.78, 5) is 50.2. The first-order valence-electron chi connectivity index (χ1n) is 17.0. The van der Waals surface area contributed by atoms with Crippen molar-refractivity contribution in [3.8, 4) is 5.69 Å². The average Bonchev–Trinajstić information content (AvgIpc) is 2.97. The Hall–Kier alpha value is -3.13. The molecule has 0 saturated carbocycles. The Bertz CT molecular complexity index is 1740. The molecule has 0 bridgehead atoms. The van der Waals surface area contributed by atoms with Crippen molar-refractivity contribution in [2.24, 2.45) is 0 Å². The summed E-state index contributed by atoms with van der Waals surface area (Å²) < 4.78 is 28.1. The van der Waals surface area contributed by atoms with Gasteiger partial charge in [-0.25, -0.2) is 28.4 Å². The number of fused-ring (bicyclic) bond motifs is 1.